The van der Waals surface area contributed by atoms with Crippen LogP contribution in [-0.4, -0.2) is 35.6 Å². The van der Waals surface area contributed by atoms with E-state index in [9.17, 15) is 4.79 Å². The van der Waals surface area contributed by atoms with Crippen LogP contribution < -0.4 is 10.6 Å². The SMILES string of the molecule is CCOC(=O)C=CC1CCCN(c2ccnc(N)n2)C1. The molecule has 1 aliphatic rings. The number of esters is 1. The topological polar surface area (TPSA) is 81.3 Å². The molecule has 108 valence electrons. The largest absolute Gasteiger partial charge is 0.463 e. The summed E-state index contributed by atoms with van der Waals surface area (Å²) in [6.45, 7) is 3.97. The van der Waals surface area contributed by atoms with Crippen molar-refractivity contribution in [3.63, 3.8) is 0 Å². The smallest absolute Gasteiger partial charge is 0.330 e. The summed E-state index contributed by atoms with van der Waals surface area (Å²) in [6, 6.07) is 1.85. The van der Waals surface area contributed by atoms with Crippen LogP contribution in [0.5, 0.6) is 0 Å². The monoisotopic (exact) mass is 276 g/mol. The zero-order chi connectivity index (χ0) is 14.4. The van der Waals surface area contributed by atoms with Gasteiger partial charge in [-0.2, -0.15) is 4.98 Å². The van der Waals surface area contributed by atoms with Crippen molar-refractivity contribution in [2.45, 2.75) is 19.8 Å². The van der Waals surface area contributed by atoms with Gasteiger partial charge in [0.25, 0.3) is 0 Å². The fourth-order valence-corrected chi connectivity index (χ4v) is 2.32. The van der Waals surface area contributed by atoms with E-state index < -0.39 is 0 Å². The third-order valence-corrected chi connectivity index (χ3v) is 3.23. The van der Waals surface area contributed by atoms with Crippen molar-refractivity contribution >= 4 is 17.7 Å². The summed E-state index contributed by atoms with van der Waals surface area (Å²) in [5.41, 5.74) is 5.61. The van der Waals surface area contributed by atoms with Crippen molar-refractivity contribution in [2.75, 3.05) is 30.3 Å². The van der Waals surface area contributed by atoms with E-state index in [2.05, 4.69) is 14.9 Å². The molecule has 0 aromatic carbocycles. The second-order valence-electron chi connectivity index (χ2n) is 4.73. The lowest BCUT2D eigenvalue weighted by molar-refractivity contribution is -0.137. The summed E-state index contributed by atoms with van der Waals surface area (Å²) in [4.78, 5) is 21.6. The van der Waals surface area contributed by atoms with Gasteiger partial charge in [0.1, 0.15) is 5.82 Å². The third-order valence-electron chi connectivity index (χ3n) is 3.23. The first-order valence-corrected chi connectivity index (χ1v) is 6.87. The van der Waals surface area contributed by atoms with E-state index in [-0.39, 0.29) is 11.9 Å². The van der Waals surface area contributed by atoms with E-state index in [0.717, 1.165) is 31.7 Å². The summed E-state index contributed by atoms with van der Waals surface area (Å²) >= 11 is 0. The quantitative estimate of drug-likeness (QED) is 0.661. The lowest BCUT2D eigenvalue weighted by Gasteiger charge is -2.32. The first kappa shape index (κ1) is 14.3. The van der Waals surface area contributed by atoms with Crippen molar-refractivity contribution in [3.8, 4) is 0 Å². The van der Waals surface area contributed by atoms with Gasteiger partial charge in [-0.05, 0) is 31.7 Å². The highest BCUT2D eigenvalue weighted by Gasteiger charge is 2.19. The zero-order valence-electron chi connectivity index (χ0n) is 11.7. The molecular formula is C14H20N4O2. The maximum absolute atomic E-state index is 11.3. The molecule has 1 aromatic heterocycles. The second kappa shape index (κ2) is 6.88. The van der Waals surface area contributed by atoms with Crippen LogP contribution in [0, 0.1) is 5.92 Å². The molecule has 0 aliphatic carbocycles. The highest BCUT2D eigenvalue weighted by Crippen LogP contribution is 2.22. The predicted octanol–water partition coefficient (Wildman–Crippen LogP) is 1.39. The van der Waals surface area contributed by atoms with Crippen LogP contribution >= 0.6 is 0 Å². The number of piperidine rings is 1. The Labute approximate surface area is 118 Å². The number of anilines is 2. The summed E-state index contributed by atoms with van der Waals surface area (Å²) in [5, 5.41) is 0. The number of nitrogens with two attached hydrogens (primary N) is 1. The number of carbonyl (C=O) groups is 1. The minimum atomic E-state index is -0.282. The summed E-state index contributed by atoms with van der Waals surface area (Å²) in [7, 11) is 0. The van der Waals surface area contributed by atoms with Crippen LogP contribution in [0.25, 0.3) is 0 Å². The van der Waals surface area contributed by atoms with Gasteiger partial charge in [-0.3, -0.25) is 0 Å². The molecule has 2 N–H and O–H groups in total. The standard InChI is InChI=1S/C14H20N4O2/c1-2-20-13(19)6-5-11-4-3-9-18(10-11)12-7-8-16-14(15)17-12/h5-8,11H,2-4,9-10H2,1H3,(H2,15,16,17). The number of carbonyl (C=O) groups excluding carboxylic acids is 1. The number of rotatable bonds is 4. The Balaban J connectivity index is 1.96. The van der Waals surface area contributed by atoms with E-state index in [0.29, 0.717) is 12.5 Å². The molecule has 1 aromatic rings. The van der Waals surface area contributed by atoms with Gasteiger partial charge in [0.15, 0.2) is 0 Å². The van der Waals surface area contributed by atoms with E-state index in [1.165, 1.54) is 6.08 Å². The molecule has 1 atom stereocenters. The van der Waals surface area contributed by atoms with E-state index in [1.54, 1.807) is 13.1 Å². The van der Waals surface area contributed by atoms with Crippen LogP contribution in [0.3, 0.4) is 0 Å². The average molecular weight is 276 g/mol. The molecule has 2 heterocycles. The molecule has 0 bridgehead atoms. The second-order valence-corrected chi connectivity index (χ2v) is 4.73. The lowest BCUT2D eigenvalue weighted by atomic mass is 9.97. The Morgan fingerprint density at radius 2 is 2.50 bits per heavy atom. The predicted molar refractivity (Wildman–Crippen MR) is 77.2 cm³/mol. The van der Waals surface area contributed by atoms with Gasteiger partial charge in [0.2, 0.25) is 5.95 Å². The molecule has 0 amide bonds. The van der Waals surface area contributed by atoms with Gasteiger partial charge in [0, 0.05) is 25.4 Å². The van der Waals surface area contributed by atoms with Gasteiger partial charge in [0.05, 0.1) is 6.61 Å². The van der Waals surface area contributed by atoms with Gasteiger partial charge in [-0.1, -0.05) is 6.08 Å². The van der Waals surface area contributed by atoms with Crippen LogP contribution in [0.4, 0.5) is 11.8 Å². The Hall–Kier alpha value is -2.11. The Morgan fingerprint density at radius 3 is 3.25 bits per heavy atom. The van der Waals surface area contributed by atoms with Gasteiger partial charge < -0.3 is 15.4 Å². The molecule has 20 heavy (non-hydrogen) atoms. The molecule has 6 heteroatoms. The first-order chi connectivity index (χ1) is 9.69. The van der Waals surface area contributed by atoms with Crippen LogP contribution in [0.2, 0.25) is 0 Å². The molecular weight excluding hydrogens is 256 g/mol. The van der Waals surface area contributed by atoms with E-state index in [4.69, 9.17) is 10.5 Å². The minimum absolute atomic E-state index is 0.282. The summed E-state index contributed by atoms with van der Waals surface area (Å²) < 4.78 is 4.88. The molecule has 1 aliphatic heterocycles. The normalized spacial score (nSPS) is 19.2. The average Bonchev–Trinajstić information content (AvgIpc) is 2.46. The molecule has 1 saturated heterocycles. The maximum atomic E-state index is 11.3. The zero-order valence-corrected chi connectivity index (χ0v) is 11.7. The number of aromatic nitrogens is 2. The van der Waals surface area contributed by atoms with E-state index in [1.807, 2.05) is 12.1 Å². The van der Waals surface area contributed by atoms with Crippen molar-refractivity contribution in [1.82, 2.24) is 9.97 Å². The molecule has 0 saturated carbocycles. The number of hydrogen-bond acceptors (Lipinski definition) is 6. The van der Waals surface area contributed by atoms with E-state index >= 15 is 0 Å². The van der Waals surface area contributed by atoms with Gasteiger partial charge in [-0.25, -0.2) is 9.78 Å². The minimum Gasteiger partial charge on any atom is -0.463 e. The van der Waals surface area contributed by atoms with Crippen molar-refractivity contribution in [1.29, 1.82) is 0 Å². The number of hydrogen-bond donors (Lipinski definition) is 1. The molecule has 2 rings (SSSR count). The highest BCUT2D eigenvalue weighted by molar-refractivity contribution is 5.81. The first-order valence-electron chi connectivity index (χ1n) is 6.87. The fraction of sp³-hybridized carbons (Fsp3) is 0.500. The molecule has 6 nitrogen and oxygen atoms in total. The third kappa shape index (κ3) is 3.94. The molecule has 0 radical (unpaired) electrons. The highest BCUT2D eigenvalue weighted by atomic mass is 16.5. The Kier molecular flexibility index (Phi) is 4.92. The lowest BCUT2D eigenvalue weighted by Crippen LogP contribution is -2.35. The van der Waals surface area contributed by atoms with Crippen LogP contribution in [0.15, 0.2) is 24.4 Å². The molecule has 1 unspecified atom stereocenters. The summed E-state index contributed by atoms with van der Waals surface area (Å²) in [5.74, 6) is 1.17. The van der Waals surface area contributed by atoms with Crippen LogP contribution in [0.1, 0.15) is 19.8 Å². The number of nitrogens with zero attached hydrogens (tertiary/aromatic N) is 3. The Bertz CT molecular complexity index is 490. The maximum Gasteiger partial charge on any atom is 0.330 e. The Morgan fingerprint density at radius 1 is 1.65 bits per heavy atom. The van der Waals surface area contributed by atoms with Gasteiger partial charge in [-0.15, -0.1) is 0 Å². The van der Waals surface area contributed by atoms with Gasteiger partial charge >= 0.3 is 5.97 Å². The fourth-order valence-electron chi connectivity index (χ4n) is 2.32. The van der Waals surface area contributed by atoms with Crippen molar-refractivity contribution in [2.24, 2.45) is 5.92 Å². The van der Waals surface area contributed by atoms with Crippen LogP contribution in [-0.2, 0) is 9.53 Å². The number of ether oxygens (including phenoxy) is 1. The summed E-state index contributed by atoms with van der Waals surface area (Å²) in [6.07, 6.45) is 7.23. The molecule has 0 spiro atoms. The molecule has 1 fully saturated rings. The van der Waals surface area contributed by atoms with Crippen molar-refractivity contribution in [3.05, 3.63) is 24.4 Å². The van der Waals surface area contributed by atoms with Crippen molar-refractivity contribution < 1.29 is 9.53 Å². The number of nitrogen functional groups attached to an aromatic ring is 1.